The third-order valence-corrected chi connectivity index (χ3v) is 7.36. The number of nitrogens with zero attached hydrogens (tertiary/aromatic N) is 3. The van der Waals surface area contributed by atoms with Gasteiger partial charge in [-0.05, 0) is 41.9 Å². The molecule has 7 nitrogen and oxygen atoms in total. The summed E-state index contributed by atoms with van der Waals surface area (Å²) in [5.41, 5.74) is 1.63. The highest BCUT2D eigenvalue weighted by atomic mass is 32.2. The quantitative estimate of drug-likeness (QED) is 0.809. The molecule has 1 fully saturated rings. The van der Waals surface area contributed by atoms with E-state index in [0.29, 0.717) is 30.1 Å². The molecule has 1 saturated heterocycles. The first kappa shape index (κ1) is 21.5. The van der Waals surface area contributed by atoms with E-state index < -0.39 is 10.0 Å². The Morgan fingerprint density at radius 2 is 1.79 bits per heavy atom. The number of carbonyl (C=O) groups is 1. The highest BCUT2D eigenvalue weighted by Gasteiger charge is 2.30. The van der Waals surface area contributed by atoms with Crippen LogP contribution < -0.4 is 5.32 Å². The van der Waals surface area contributed by atoms with Crippen LogP contribution in [0.1, 0.15) is 49.5 Å². The molecule has 1 N–H and O–H groups in total. The lowest BCUT2D eigenvalue weighted by Gasteiger charge is -2.31. The number of carbonyl (C=O) groups excluding carboxylic acids is 1. The number of rotatable bonds is 5. The van der Waals surface area contributed by atoms with Crippen LogP contribution in [0.3, 0.4) is 0 Å². The molecule has 2 aromatic rings. The number of nitrogens with one attached hydrogen (secondary N) is 1. The molecule has 1 aliphatic rings. The zero-order valence-electron chi connectivity index (χ0n) is 17.6. The number of hydrogen-bond acceptors (Lipinski definition) is 4. The van der Waals surface area contributed by atoms with Crippen LogP contribution in [0, 0.1) is 5.92 Å². The van der Waals surface area contributed by atoms with Crippen molar-refractivity contribution >= 4 is 15.9 Å². The lowest BCUT2D eigenvalue weighted by Crippen LogP contribution is -2.41. The first-order chi connectivity index (χ1) is 13.6. The molecule has 29 heavy (non-hydrogen) atoms. The van der Waals surface area contributed by atoms with Gasteiger partial charge in [0.15, 0.2) is 0 Å². The van der Waals surface area contributed by atoms with Crippen molar-refractivity contribution in [2.75, 3.05) is 19.6 Å². The number of benzene rings is 1. The van der Waals surface area contributed by atoms with Gasteiger partial charge in [0.25, 0.3) is 5.91 Å². The Bertz CT molecular complexity index is 951. The summed E-state index contributed by atoms with van der Waals surface area (Å²) in [5, 5.41) is 6.93. The molecule has 0 radical (unpaired) electrons. The maximum Gasteiger partial charge on any atom is 0.254 e. The van der Waals surface area contributed by atoms with E-state index in [0.717, 1.165) is 18.4 Å². The van der Waals surface area contributed by atoms with Crippen LogP contribution in [-0.2, 0) is 22.5 Å². The molecule has 8 heteroatoms. The number of piperidine rings is 1. The van der Waals surface area contributed by atoms with Crippen molar-refractivity contribution in [3.05, 3.63) is 47.8 Å². The summed E-state index contributed by atoms with van der Waals surface area (Å²) < 4.78 is 29.1. The van der Waals surface area contributed by atoms with E-state index in [9.17, 15) is 13.2 Å². The van der Waals surface area contributed by atoms with Gasteiger partial charge in [-0.1, -0.05) is 32.9 Å². The minimum atomic E-state index is -3.48. The van der Waals surface area contributed by atoms with Crippen molar-refractivity contribution in [2.24, 2.45) is 13.0 Å². The van der Waals surface area contributed by atoms with E-state index in [1.165, 1.54) is 6.20 Å². The monoisotopic (exact) mass is 418 g/mol. The first-order valence-corrected chi connectivity index (χ1v) is 11.4. The molecule has 3 rings (SSSR count). The maximum absolute atomic E-state index is 13.0. The lowest BCUT2D eigenvalue weighted by atomic mass is 9.87. The molecule has 0 unspecified atom stereocenters. The predicted molar refractivity (Wildman–Crippen MR) is 112 cm³/mol. The van der Waals surface area contributed by atoms with Gasteiger partial charge in [-0.15, -0.1) is 0 Å². The normalized spacial score (nSPS) is 16.7. The van der Waals surface area contributed by atoms with E-state index in [2.05, 4.69) is 31.2 Å². The summed E-state index contributed by atoms with van der Waals surface area (Å²) in [7, 11) is -1.72. The van der Waals surface area contributed by atoms with Crippen molar-refractivity contribution in [2.45, 2.75) is 43.9 Å². The van der Waals surface area contributed by atoms with Crippen LogP contribution in [0.5, 0.6) is 0 Å². The van der Waals surface area contributed by atoms with E-state index in [1.807, 2.05) is 12.1 Å². The van der Waals surface area contributed by atoms with Crippen molar-refractivity contribution in [3.8, 4) is 0 Å². The van der Waals surface area contributed by atoms with Gasteiger partial charge in [0.2, 0.25) is 10.0 Å². The number of aryl methyl sites for hydroxylation is 1. The third kappa shape index (κ3) is 5.05. The van der Waals surface area contributed by atoms with Crippen molar-refractivity contribution in [1.82, 2.24) is 19.4 Å². The minimum Gasteiger partial charge on any atom is -0.352 e. The van der Waals surface area contributed by atoms with Gasteiger partial charge in [0.05, 0.1) is 16.7 Å². The summed E-state index contributed by atoms with van der Waals surface area (Å²) in [6, 6.07) is 7.20. The molecule has 0 saturated carbocycles. The van der Waals surface area contributed by atoms with Crippen molar-refractivity contribution in [1.29, 1.82) is 0 Å². The zero-order chi connectivity index (χ0) is 21.2. The summed E-state index contributed by atoms with van der Waals surface area (Å²) in [5.74, 6) is 0.123. The molecule has 158 valence electrons. The molecule has 1 aromatic carbocycles. The SMILES string of the molecule is Cn1cc(C(=O)NCC2CCN(S(=O)(=O)c3ccc(C(C)(C)C)cc3)CC2)cn1. The molecule has 0 spiro atoms. The second-order valence-electron chi connectivity index (χ2n) is 8.73. The molecule has 1 aliphatic heterocycles. The summed E-state index contributed by atoms with van der Waals surface area (Å²) in [4.78, 5) is 12.5. The Labute approximate surface area is 173 Å². The lowest BCUT2D eigenvalue weighted by molar-refractivity contribution is 0.0941. The van der Waals surface area contributed by atoms with E-state index >= 15 is 0 Å². The van der Waals surface area contributed by atoms with E-state index in [4.69, 9.17) is 0 Å². The molecule has 1 aromatic heterocycles. The Morgan fingerprint density at radius 1 is 1.17 bits per heavy atom. The average Bonchev–Trinajstić information content (AvgIpc) is 3.12. The maximum atomic E-state index is 13.0. The smallest absolute Gasteiger partial charge is 0.254 e. The third-order valence-electron chi connectivity index (χ3n) is 5.45. The summed E-state index contributed by atoms with van der Waals surface area (Å²) in [6.07, 6.45) is 4.67. The fourth-order valence-corrected chi connectivity index (χ4v) is 4.98. The summed E-state index contributed by atoms with van der Waals surface area (Å²) >= 11 is 0. The molecule has 2 heterocycles. The molecule has 0 atom stereocenters. The summed E-state index contributed by atoms with van der Waals surface area (Å²) in [6.45, 7) is 7.80. The standard InChI is InChI=1S/C21H30N4O3S/c1-21(2,3)18-5-7-19(8-6-18)29(27,28)25-11-9-16(10-12-25)13-22-20(26)17-14-23-24(4)15-17/h5-8,14-16H,9-13H2,1-4H3,(H,22,26). The van der Waals surface area contributed by atoms with Gasteiger partial charge < -0.3 is 5.32 Å². The molecular formula is C21H30N4O3S. The van der Waals surface area contributed by atoms with Gasteiger partial charge >= 0.3 is 0 Å². The largest absolute Gasteiger partial charge is 0.352 e. The number of sulfonamides is 1. The molecule has 0 bridgehead atoms. The van der Waals surface area contributed by atoms with Gasteiger partial charge in [-0.2, -0.15) is 9.40 Å². The second-order valence-corrected chi connectivity index (χ2v) is 10.7. The van der Waals surface area contributed by atoms with Crippen LogP contribution in [0.4, 0.5) is 0 Å². The fraction of sp³-hybridized carbons (Fsp3) is 0.524. The Hall–Kier alpha value is -2.19. The highest BCUT2D eigenvalue weighted by Crippen LogP contribution is 2.27. The van der Waals surface area contributed by atoms with E-state index in [-0.39, 0.29) is 17.2 Å². The Balaban J connectivity index is 1.54. The van der Waals surface area contributed by atoms with Gasteiger partial charge in [-0.3, -0.25) is 9.48 Å². The minimum absolute atomic E-state index is 0.0130. The van der Waals surface area contributed by atoms with Crippen molar-refractivity contribution in [3.63, 3.8) is 0 Å². The average molecular weight is 419 g/mol. The van der Waals surface area contributed by atoms with Gasteiger partial charge in [0, 0.05) is 32.9 Å². The van der Waals surface area contributed by atoms with Gasteiger partial charge in [-0.25, -0.2) is 8.42 Å². The van der Waals surface area contributed by atoms with Crippen LogP contribution in [0.25, 0.3) is 0 Å². The topological polar surface area (TPSA) is 84.3 Å². The number of aromatic nitrogens is 2. The second kappa shape index (κ2) is 8.28. The molecule has 1 amide bonds. The van der Waals surface area contributed by atoms with Crippen molar-refractivity contribution < 1.29 is 13.2 Å². The fourth-order valence-electron chi connectivity index (χ4n) is 3.51. The molecule has 0 aliphatic carbocycles. The van der Waals surface area contributed by atoms with E-state index in [1.54, 1.807) is 34.4 Å². The number of hydrogen-bond donors (Lipinski definition) is 1. The predicted octanol–water partition coefficient (Wildman–Crippen LogP) is 2.55. The van der Waals surface area contributed by atoms with Crippen LogP contribution in [-0.4, -0.2) is 48.0 Å². The highest BCUT2D eigenvalue weighted by molar-refractivity contribution is 7.89. The number of amides is 1. The first-order valence-electron chi connectivity index (χ1n) is 9.95. The Kier molecular flexibility index (Phi) is 6.14. The van der Waals surface area contributed by atoms with Crippen LogP contribution in [0.15, 0.2) is 41.6 Å². The van der Waals surface area contributed by atoms with Gasteiger partial charge in [0.1, 0.15) is 0 Å². The van der Waals surface area contributed by atoms with Crippen LogP contribution in [0.2, 0.25) is 0 Å². The Morgan fingerprint density at radius 3 is 2.31 bits per heavy atom. The zero-order valence-corrected chi connectivity index (χ0v) is 18.4. The van der Waals surface area contributed by atoms with Crippen LogP contribution >= 0.6 is 0 Å². The molecular weight excluding hydrogens is 388 g/mol.